The van der Waals surface area contributed by atoms with Gasteiger partial charge < -0.3 is 14.5 Å². The quantitative estimate of drug-likeness (QED) is 0.407. The number of fused-ring (bicyclic) bond motifs is 1. The van der Waals surface area contributed by atoms with Crippen LogP contribution >= 0.6 is 24.0 Å². The fourth-order valence-corrected chi connectivity index (χ4v) is 3.56. The molecule has 0 aromatic heterocycles. The maximum Gasteiger partial charge on any atom is 0.195 e. The van der Waals surface area contributed by atoms with Crippen molar-refractivity contribution in [3.8, 4) is 0 Å². The predicted octanol–water partition coefficient (Wildman–Crippen LogP) is 1.74. The summed E-state index contributed by atoms with van der Waals surface area (Å²) < 4.78 is 6.02. The number of guanidine groups is 1. The second kappa shape index (κ2) is 8.30. The van der Waals surface area contributed by atoms with Gasteiger partial charge in [0.2, 0.25) is 0 Å². The lowest BCUT2D eigenvalue weighted by Gasteiger charge is -2.36. The summed E-state index contributed by atoms with van der Waals surface area (Å²) in [4.78, 5) is 11.4. The molecule has 1 aromatic rings. The Hall–Kier alpha value is -0.860. The van der Waals surface area contributed by atoms with Crippen LogP contribution in [0, 0.1) is 0 Å². The number of morpholine rings is 1. The third kappa shape index (κ3) is 4.16. The van der Waals surface area contributed by atoms with Gasteiger partial charge in [0.15, 0.2) is 5.96 Å². The summed E-state index contributed by atoms with van der Waals surface area (Å²) in [5.74, 6) is 1.04. The fourth-order valence-electron chi connectivity index (χ4n) is 3.56. The van der Waals surface area contributed by atoms with Crippen molar-refractivity contribution in [2.24, 2.45) is 4.99 Å². The average molecular weight is 430 g/mol. The van der Waals surface area contributed by atoms with Gasteiger partial charge in [0.25, 0.3) is 0 Å². The third-order valence-electron chi connectivity index (χ3n) is 4.53. The maximum atomic E-state index is 6.02. The van der Waals surface area contributed by atoms with E-state index < -0.39 is 0 Å². The molecule has 0 amide bonds. The minimum absolute atomic E-state index is 0. The number of nitrogens with zero attached hydrogens (tertiary/aromatic N) is 4. The van der Waals surface area contributed by atoms with E-state index in [4.69, 9.17) is 4.74 Å². The largest absolute Gasteiger partial charge is 0.373 e. The Morgan fingerprint density at radius 1 is 1.26 bits per heavy atom. The number of halogens is 1. The monoisotopic (exact) mass is 430 g/mol. The normalized spacial score (nSPS) is 25.0. The number of rotatable bonds is 2. The van der Waals surface area contributed by atoms with Gasteiger partial charge in [0.05, 0.1) is 18.8 Å². The van der Waals surface area contributed by atoms with E-state index in [0.29, 0.717) is 6.04 Å². The smallest absolute Gasteiger partial charge is 0.195 e. The summed E-state index contributed by atoms with van der Waals surface area (Å²) in [7, 11) is 5.96. The lowest BCUT2D eigenvalue weighted by molar-refractivity contribution is -0.0502. The van der Waals surface area contributed by atoms with Gasteiger partial charge >= 0.3 is 0 Å². The molecule has 128 valence electrons. The van der Waals surface area contributed by atoms with Gasteiger partial charge in [-0.3, -0.25) is 9.89 Å². The SMILES string of the molecule is CN=C(N(C)C)N1CC2OCCN(Cc3ccccc3)C2C1.I. The molecule has 2 heterocycles. The Bertz CT molecular complexity index is 523. The fraction of sp³-hybridized carbons (Fsp3) is 0.588. The number of benzene rings is 1. The highest BCUT2D eigenvalue weighted by Gasteiger charge is 2.41. The Labute approximate surface area is 156 Å². The Kier molecular flexibility index (Phi) is 6.67. The number of ether oxygens (including phenoxy) is 1. The molecule has 0 aliphatic carbocycles. The van der Waals surface area contributed by atoms with Crippen LogP contribution in [-0.2, 0) is 11.3 Å². The van der Waals surface area contributed by atoms with Crippen LogP contribution in [0.5, 0.6) is 0 Å². The zero-order chi connectivity index (χ0) is 15.5. The summed E-state index contributed by atoms with van der Waals surface area (Å²) in [5, 5.41) is 0. The van der Waals surface area contributed by atoms with E-state index in [9.17, 15) is 0 Å². The molecule has 0 radical (unpaired) electrons. The van der Waals surface area contributed by atoms with Gasteiger partial charge in [-0.25, -0.2) is 0 Å². The average Bonchev–Trinajstić information content (AvgIpc) is 2.93. The summed E-state index contributed by atoms with van der Waals surface area (Å²) in [6.07, 6.45) is 0.286. The van der Waals surface area contributed by atoms with Crippen LogP contribution in [0.25, 0.3) is 0 Å². The number of hydrogen-bond donors (Lipinski definition) is 0. The zero-order valence-corrected chi connectivity index (χ0v) is 16.5. The lowest BCUT2D eigenvalue weighted by atomic mass is 10.1. The molecule has 3 rings (SSSR count). The van der Waals surface area contributed by atoms with Crippen LogP contribution in [0.1, 0.15) is 5.56 Å². The van der Waals surface area contributed by atoms with Crippen LogP contribution in [0.2, 0.25) is 0 Å². The molecule has 6 heteroatoms. The molecule has 2 fully saturated rings. The van der Waals surface area contributed by atoms with E-state index in [0.717, 1.165) is 38.7 Å². The molecule has 2 aliphatic heterocycles. The molecule has 1 aromatic carbocycles. The van der Waals surface area contributed by atoms with Gasteiger partial charge in [-0.1, -0.05) is 30.3 Å². The molecule has 5 nitrogen and oxygen atoms in total. The van der Waals surface area contributed by atoms with Crippen molar-refractivity contribution in [2.45, 2.75) is 18.7 Å². The van der Waals surface area contributed by atoms with Crippen LogP contribution in [0.4, 0.5) is 0 Å². The maximum absolute atomic E-state index is 6.02. The van der Waals surface area contributed by atoms with E-state index in [1.54, 1.807) is 0 Å². The molecular weight excluding hydrogens is 403 g/mol. The van der Waals surface area contributed by atoms with E-state index in [1.165, 1.54) is 5.56 Å². The standard InChI is InChI=1S/C17H26N4O.HI/c1-18-17(19(2)3)21-12-15-16(13-21)22-10-9-20(15)11-14-7-5-4-6-8-14;/h4-8,15-16H,9-13H2,1-3H3;1H. The number of aliphatic imine (C=N–C) groups is 1. The molecule has 0 saturated carbocycles. The number of likely N-dealkylation sites (tertiary alicyclic amines) is 1. The second-order valence-electron chi connectivity index (χ2n) is 6.26. The van der Waals surface area contributed by atoms with Crippen molar-refractivity contribution >= 4 is 29.9 Å². The molecule has 0 bridgehead atoms. The Morgan fingerprint density at radius 2 is 2.00 bits per heavy atom. The van der Waals surface area contributed by atoms with Crippen LogP contribution in [0.3, 0.4) is 0 Å². The minimum atomic E-state index is 0. The van der Waals surface area contributed by atoms with Gasteiger partial charge in [-0.15, -0.1) is 24.0 Å². The van der Waals surface area contributed by atoms with Crippen LogP contribution in [0.15, 0.2) is 35.3 Å². The van der Waals surface area contributed by atoms with Crippen molar-refractivity contribution in [3.63, 3.8) is 0 Å². The molecule has 2 aliphatic rings. The third-order valence-corrected chi connectivity index (χ3v) is 4.53. The molecule has 23 heavy (non-hydrogen) atoms. The lowest BCUT2D eigenvalue weighted by Crippen LogP contribution is -2.50. The summed E-state index contributed by atoms with van der Waals surface area (Å²) >= 11 is 0. The minimum Gasteiger partial charge on any atom is -0.373 e. The Morgan fingerprint density at radius 3 is 2.65 bits per heavy atom. The highest BCUT2D eigenvalue weighted by atomic mass is 127. The van der Waals surface area contributed by atoms with Crippen molar-refractivity contribution in [2.75, 3.05) is 47.4 Å². The van der Waals surface area contributed by atoms with Gasteiger partial charge in [-0.2, -0.15) is 0 Å². The molecule has 2 saturated heterocycles. The molecule has 2 unspecified atom stereocenters. The van der Waals surface area contributed by atoms with Gasteiger partial charge in [0.1, 0.15) is 0 Å². The second-order valence-corrected chi connectivity index (χ2v) is 6.26. The topological polar surface area (TPSA) is 31.3 Å². The van der Waals surface area contributed by atoms with E-state index in [2.05, 4.69) is 50.0 Å². The van der Waals surface area contributed by atoms with Crippen molar-refractivity contribution in [1.29, 1.82) is 0 Å². The van der Waals surface area contributed by atoms with E-state index >= 15 is 0 Å². The number of hydrogen-bond acceptors (Lipinski definition) is 3. The summed E-state index contributed by atoms with van der Waals surface area (Å²) in [6, 6.07) is 11.2. The van der Waals surface area contributed by atoms with Gasteiger partial charge in [-0.05, 0) is 5.56 Å². The first-order chi connectivity index (χ1) is 10.7. The highest BCUT2D eigenvalue weighted by Crippen LogP contribution is 2.25. The molecular formula is C17H27IN4O. The van der Waals surface area contributed by atoms with Crippen molar-refractivity contribution in [3.05, 3.63) is 35.9 Å². The predicted molar refractivity (Wildman–Crippen MR) is 104 cm³/mol. The first kappa shape index (κ1) is 18.5. The van der Waals surface area contributed by atoms with Crippen molar-refractivity contribution in [1.82, 2.24) is 14.7 Å². The van der Waals surface area contributed by atoms with E-state index in [-0.39, 0.29) is 30.1 Å². The first-order valence-electron chi connectivity index (χ1n) is 7.97. The molecule has 2 atom stereocenters. The van der Waals surface area contributed by atoms with Crippen LogP contribution < -0.4 is 0 Å². The molecule has 0 N–H and O–H groups in total. The van der Waals surface area contributed by atoms with Crippen LogP contribution in [-0.4, -0.2) is 80.2 Å². The first-order valence-corrected chi connectivity index (χ1v) is 7.97. The molecule has 0 spiro atoms. The summed E-state index contributed by atoms with van der Waals surface area (Å²) in [5.41, 5.74) is 1.37. The highest BCUT2D eigenvalue weighted by molar-refractivity contribution is 14.0. The van der Waals surface area contributed by atoms with Gasteiger partial charge in [0, 0.05) is 47.3 Å². The Balaban J connectivity index is 0.00000192. The van der Waals surface area contributed by atoms with Crippen molar-refractivity contribution < 1.29 is 4.74 Å². The van der Waals surface area contributed by atoms with E-state index in [1.807, 2.05) is 21.1 Å². The zero-order valence-electron chi connectivity index (χ0n) is 14.2. The summed E-state index contributed by atoms with van der Waals surface area (Å²) in [6.45, 7) is 4.75.